The van der Waals surface area contributed by atoms with Gasteiger partial charge in [0.05, 0.1) is 32.0 Å². The van der Waals surface area contributed by atoms with Crippen molar-refractivity contribution in [3.8, 4) is 0 Å². The highest BCUT2D eigenvalue weighted by Gasteiger charge is 2.58. The Morgan fingerprint density at radius 3 is 1.78 bits per heavy atom. The largest absolute Gasteiger partial charge is 0.464 e. The molecule has 20 nitrogen and oxygen atoms in total. The molecule has 4 heterocycles. The highest BCUT2D eigenvalue weighted by atomic mass is 16.8. The molecule has 0 aromatic heterocycles. The normalized spacial score (nSPS) is 35.9. The number of hydrogen-bond acceptors (Lipinski definition) is 16. The van der Waals surface area contributed by atoms with Crippen molar-refractivity contribution in [3.63, 3.8) is 0 Å². The van der Waals surface area contributed by atoms with Gasteiger partial charge in [0.15, 0.2) is 25.0 Å². The topological polar surface area (TPSA) is 257 Å². The highest BCUT2D eigenvalue weighted by Crippen LogP contribution is 2.38. The molecule has 0 amide bonds. The van der Waals surface area contributed by atoms with Gasteiger partial charge in [-0.2, -0.15) is 0 Å². The van der Waals surface area contributed by atoms with Gasteiger partial charge in [-0.05, 0) is 43.2 Å². The lowest BCUT2D eigenvalue weighted by Crippen LogP contribution is -2.67. The molecule has 2 bridgehead atoms. The van der Waals surface area contributed by atoms with Gasteiger partial charge in [-0.3, -0.25) is 0 Å². The van der Waals surface area contributed by atoms with Gasteiger partial charge in [0.25, 0.3) is 0 Å². The Morgan fingerprint density at radius 2 is 1.19 bits per heavy atom. The predicted molar refractivity (Wildman–Crippen MR) is 205 cm³/mol. The molecule has 58 heavy (non-hydrogen) atoms. The van der Waals surface area contributed by atoms with Crippen LogP contribution in [-0.2, 0) is 56.9 Å². The molecule has 0 spiro atoms. The summed E-state index contributed by atoms with van der Waals surface area (Å²) in [6.45, 7) is 10.8. The molecule has 4 unspecified atom stereocenters. The summed E-state index contributed by atoms with van der Waals surface area (Å²) in [5, 5.41) is 29.9. The van der Waals surface area contributed by atoms with E-state index >= 15 is 0 Å². The van der Waals surface area contributed by atoms with E-state index in [-0.39, 0.29) is 26.4 Å². The molecule has 15 atom stereocenters. The zero-order valence-electron chi connectivity index (χ0n) is 34.7. The van der Waals surface area contributed by atoms with Crippen molar-refractivity contribution in [1.29, 1.82) is 0 Å². The minimum absolute atomic E-state index is 0.0407. The van der Waals surface area contributed by atoms with Crippen LogP contribution in [0, 0.1) is 0 Å². The van der Waals surface area contributed by atoms with E-state index in [1.165, 1.54) is 0 Å². The number of esters is 1. The average molecular weight is 831 g/mol. The molecule has 4 aliphatic heterocycles. The number of carbonyl (C=O) groups is 1. The summed E-state index contributed by atoms with van der Waals surface area (Å²) in [6, 6.07) is -2.26. The molecule has 0 saturated carbocycles. The number of fused-ring (bicyclic) bond motifs is 2. The van der Waals surface area contributed by atoms with Crippen LogP contribution in [0.1, 0.15) is 98.8 Å². The van der Waals surface area contributed by atoms with E-state index in [0.717, 1.165) is 38.5 Å². The Bertz CT molecular complexity index is 1300. The lowest BCUT2D eigenvalue weighted by Gasteiger charge is -2.49. The van der Waals surface area contributed by atoms with Crippen LogP contribution in [0.15, 0.2) is 10.2 Å². The fourth-order valence-corrected chi connectivity index (χ4v) is 7.23. The second-order valence-corrected chi connectivity index (χ2v) is 14.9. The molecule has 4 rings (SSSR count). The van der Waals surface area contributed by atoms with E-state index in [0.29, 0.717) is 38.9 Å². The van der Waals surface area contributed by atoms with Crippen LogP contribution in [0.3, 0.4) is 0 Å². The summed E-state index contributed by atoms with van der Waals surface area (Å²) < 4.78 is 69.0. The number of unbranched alkanes of at least 4 members (excludes halogenated alkanes) is 5. The molecule has 4 fully saturated rings. The fraction of sp³-hybridized carbons (Fsp3) is 0.974. The lowest BCUT2D eigenvalue weighted by molar-refractivity contribution is -0.363. The number of hydrogen-bond donors (Lipinski definition) is 2. The Balaban J connectivity index is 1.78. The van der Waals surface area contributed by atoms with Crippen molar-refractivity contribution >= 4 is 5.97 Å². The number of nitrogens with zero attached hydrogens (tertiary/aromatic N) is 6. The third-order valence-corrected chi connectivity index (χ3v) is 10.5. The minimum atomic E-state index is -1.53. The maximum absolute atomic E-state index is 14.2. The second-order valence-electron chi connectivity index (χ2n) is 14.9. The summed E-state index contributed by atoms with van der Waals surface area (Å²) >= 11 is 0. The maximum atomic E-state index is 14.2. The van der Waals surface area contributed by atoms with Gasteiger partial charge in [0.1, 0.15) is 54.8 Å². The summed E-state index contributed by atoms with van der Waals surface area (Å²) in [5.74, 6) is -0.786. The van der Waals surface area contributed by atoms with Gasteiger partial charge in [0, 0.05) is 36.3 Å². The first-order valence-electron chi connectivity index (χ1n) is 21.2. The third kappa shape index (κ3) is 12.8. The zero-order chi connectivity index (χ0) is 41.9. The first-order valence-corrected chi connectivity index (χ1v) is 21.2. The van der Waals surface area contributed by atoms with Crippen molar-refractivity contribution in [1.82, 2.24) is 0 Å². The van der Waals surface area contributed by atoms with Gasteiger partial charge >= 0.3 is 5.97 Å². The minimum Gasteiger partial charge on any atom is -0.464 e. The number of aliphatic hydroxyl groups is 2. The molecular formula is C38H66N6O14. The predicted octanol–water partition coefficient (Wildman–Crippen LogP) is 4.76. The van der Waals surface area contributed by atoms with E-state index in [1.54, 1.807) is 0 Å². The monoisotopic (exact) mass is 830 g/mol. The van der Waals surface area contributed by atoms with Crippen LogP contribution in [0.4, 0.5) is 0 Å². The van der Waals surface area contributed by atoms with Crippen molar-refractivity contribution in [3.05, 3.63) is 20.9 Å². The summed E-state index contributed by atoms with van der Waals surface area (Å²) in [4.78, 5) is 20.2. The molecule has 20 heteroatoms. The molecule has 4 saturated heterocycles. The lowest BCUT2D eigenvalue weighted by atomic mass is 9.94. The maximum Gasteiger partial charge on any atom is 0.338 e. The summed E-state index contributed by atoms with van der Waals surface area (Å²) in [5.41, 5.74) is 19.1. The quantitative estimate of drug-likeness (QED) is 0.0372. The van der Waals surface area contributed by atoms with Crippen molar-refractivity contribution in [2.45, 2.75) is 191 Å². The summed E-state index contributed by atoms with van der Waals surface area (Å²) in [6.07, 6.45) is -7.26. The molecule has 0 radical (unpaired) electrons. The number of carbonyl (C=O) groups excluding carboxylic acids is 1. The first-order chi connectivity index (χ1) is 28.3. The van der Waals surface area contributed by atoms with Crippen molar-refractivity contribution in [2.24, 2.45) is 10.2 Å². The molecule has 332 valence electrons. The Labute approximate surface area is 340 Å². The second kappa shape index (κ2) is 26.1. The van der Waals surface area contributed by atoms with Crippen LogP contribution >= 0.6 is 0 Å². The van der Waals surface area contributed by atoms with Crippen LogP contribution in [0.5, 0.6) is 0 Å². The van der Waals surface area contributed by atoms with Crippen molar-refractivity contribution < 1.29 is 67.1 Å². The van der Waals surface area contributed by atoms with E-state index in [1.807, 2.05) is 34.6 Å². The Hall–Kier alpha value is -2.39. The average Bonchev–Trinajstić information content (AvgIpc) is 3.67. The van der Waals surface area contributed by atoms with Gasteiger partial charge in [-0.25, -0.2) is 4.79 Å². The van der Waals surface area contributed by atoms with Crippen LogP contribution in [-0.4, -0.2) is 154 Å². The fourth-order valence-electron chi connectivity index (χ4n) is 7.23. The molecule has 0 aromatic rings. The SMILES string of the molecule is CCCCOC(=O)[C@@H]1O[C@@H](O[C@@H]2C3CO[C@H](O3)[C@@H](N=[N+]=[N-])C2O)[C@@H](OCCCC)C(OCCCC)[C@@H]1O[C@H]1O[C@@H](CO)[C@@H](OCCCC)[C@H](OCCCC)C1N=[N+]=[N-]. The molecule has 0 aromatic carbocycles. The number of aliphatic hydroxyl groups excluding tert-OH is 2. The number of ether oxygens (including phenoxy) is 11. The first kappa shape index (κ1) is 48.3. The van der Waals surface area contributed by atoms with E-state index in [9.17, 15) is 26.1 Å². The highest BCUT2D eigenvalue weighted by molar-refractivity contribution is 5.76. The zero-order valence-corrected chi connectivity index (χ0v) is 34.7. The van der Waals surface area contributed by atoms with Gasteiger partial charge in [-0.1, -0.05) is 77.0 Å². The number of rotatable bonds is 27. The van der Waals surface area contributed by atoms with Gasteiger partial charge < -0.3 is 62.3 Å². The van der Waals surface area contributed by atoms with E-state index < -0.39 is 105 Å². The van der Waals surface area contributed by atoms with Gasteiger partial charge in [-0.15, -0.1) is 0 Å². The smallest absolute Gasteiger partial charge is 0.338 e. The number of azide groups is 2. The Morgan fingerprint density at radius 1 is 0.655 bits per heavy atom. The Kier molecular flexibility index (Phi) is 21.7. The van der Waals surface area contributed by atoms with Gasteiger partial charge in [0.2, 0.25) is 0 Å². The van der Waals surface area contributed by atoms with Crippen molar-refractivity contribution in [2.75, 3.05) is 46.2 Å². The van der Waals surface area contributed by atoms with Crippen LogP contribution in [0.2, 0.25) is 0 Å². The molecule has 2 N–H and O–H groups in total. The van der Waals surface area contributed by atoms with Crippen LogP contribution in [0.25, 0.3) is 20.9 Å². The summed E-state index contributed by atoms with van der Waals surface area (Å²) in [7, 11) is 0. The van der Waals surface area contributed by atoms with E-state index in [4.69, 9.17) is 52.1 Å². The van der Waals surface area contributed by atoms with Crippen LogP contribution < -0.4 is 0 Å². The standard InChI is InChI=1S/C38H66N6O14/c1-6-11-16-48-29-23(21-45)54-37(26(42-44-40)30(29)49-17-12-7-2)57-32-31(50-18-13-8-3)34(51-19-14-9-4)38(58-33(32)35(47)52-20-15-10-5)56-28-24-22-53-36(55-24)25(27(28)46)41-43-39/h23-34,36-38,45-46H,6-22H2,1-5H3/t23-,24?,25-,26?,27?,28+,29+,30+,31?,32-,33+,34-,36+,37+,38+/m0/s1. The molecule has 0 aliphatic carbocycles. The molecular weight excluding hydrogens is 764 g/mol. The van der Waals surface area contributed by atoms with E-state index in [2.05, 4.69) is 20.1 Å². The third-order valence-electron chi connectivity index (χ3n) is 10.5. The molecule has 4 aliphatic rings.